The number of hydrogen-bond acceptors (Lipinski definition) is 3. The number of methoxy groups -OCH3 is 1. The van der Waals surface area contributed by atoms with Crippen molar-refractivity contribution >= 4 is 21.8 Å². The smallest absolute Gasteiger partial charge is 0.237 e. The Morgan fingerprint density at radius 1 is 1.45 bits per heavy atom. The van der Waals surface area contributed by atoms with Crippen LogP contribution in [0.5, 0.6) is 5.75 Å². The van der Waals surface area contributed by atoms with Crippen LogP contribution in [0.4, 0.5) is 0 Å². The number of carbonyl (C=O) groups is 1. The number of halogens is 1. The minimum absolute atomic E-state index is 0.103. The third-order valence-corrected chi connectivity index (χ3v) is 4.28. The van der Waals surface area contributed by atoms with Gasteiger partial charge in [0.2, 0.25) is 5.91 Å². The van der Waals surface area contributed by atoms with Gasteiger partial charge in [0.25, 0.3) is 0 Å². The number of amides is 1. The molecule has 0 bridgehead atoms. The summed E-state index contributed by atoms with van der Waals surface area (Å²) < 4.78 is 6.16. The average molecular weight is 341 g/mol. The van der Waals surface area contributed by atoms with Gasteiger partial charge in [0.1, 0.15) is 5.75 Å². The standard InChI is InChI=1S/C15H21BrN2O2/c1-10(11-6-7-14(20-2)12(16)9-11)18-13-5-3-4-8-17-15(13)19/h6-7,9-10,13,18H,3-5,8H2,1-2H3,(H,17,19). The molecule has 110 valence electrons. The fourth-order valence-corrected chi connectivity index (χ4v) is 3.01. The van der Waals surface area contributed by atoms with E-state index in [1.807, 2.05) is 18.2 Å². The molecule has 1 fully saturated rings. The molecule has 4 nitrogen and oxygen atoms in total. The highest BCUT2D eigenvalue weighted by atomic mass is 79.9. The van der Waals surface area contributed by atoms with Crippen molar-refractivity contribution in [3.8, 4) is 5.75 Å². The second-order valence-electron chi connectivity index (χ2n) is 5.12. The highest BCUT2D eigenvalue weighted by molar-refractivity contribution is 9.10. The molecule has 1 aliphatic rings. The van der Waals surface area contributed by atoms with Crippen molar-refractivity contribution in [2.24, 2.45) is 0 Å². The summed E-state index contributed by atoms with van der Waals surface area (Å²) in [6.45, 7) is 2.87. The van der Waals surface area contributed by atoms with Crippen molar-refractivity contribution in [2.45, 2.75) is 38.3 Å². The molecule has 0 radical (unpaired) electrons. The number of rotatable bonds is 4. The van der Waals surface area contributed by atoms with E-state index in [9.17, 15) is 4.79 Å². The van der Waals surface area contributed by atoms with Crippen LogP contribution in [0, 0.1) is 0 Å². The Morgan fingerprint density at radius 2 is 2.25 bits per heavy atom. The fourth-order valence-electron chi connectivity index (χ4n) is 2.45. The molecule has 2 N–H and O–H groups in total. The maximum atomic E-state index is 11.9. The van der Waals surface area contributed by atoms with Crippen LogP contribution in [-0.4, -0.2) is 25.6 Å². The first-order valence-electron chi connectivity index (χ1n) is 6.99. The molecule has 0 aliphatic carbocycles. The molecule has 0 saturated carbocycles. The van der Waals surface area contributed by atoms with Gasteiger partial charge in [-0.15, -0.1) is 0 Å². The lowest BCUT2D eigenvalue weighted by molar-refractivity contribution is -0.123. The summed E-state index contributed by atoms with van der Waals surface area (Å²) in [7, 11) is 1.65. The Morgan fingerprint density at radius 3 is 2.95 bits per heavy atom. The van der Waals surface area contributed by atoms with Gasteiger partial charge in [-0.05, 0) is 59.8 Å². The van der Waals surface area contributed by atoms with E-state index in [4.69, 9.17) is 4.74 Å². The Hall–Kier alpha value is -1.07. The molecular formula is C15H21BrN2O2. The molecule has 1 aromatic rings. The van der Waals surface area contributed by atoms with Crippen LogP contribution in [0.15, 0.2) is 22.7 Å². The van der Waals surface area contributed by atoms with Crippen LogP contribution in [0.3, 0.4) is 0 Å². The zero-order valence-corrected chi connectivity index (χ0v) is 13.5. The van der Waals surface area contributed by atoms with Crippen molar-refractivity contribution < 1.29 is 9.53 Å². The van der Waals surface area contributed by atoms with E-state index >= 15 is 0 Å². The average Bonchev–Trinajstić information content (AvgIpc) is 2.64. The zero-order valence-electron chi connectivity index (χ0n) is 11.9. The van der Waals surface area contributed by atoms with Crippen molar-refractivity contribution in [1.29, 1.82) is 0 Å². The summed E-state index contributed by atoms with van der Waals surface area (Å²) in [5.41, 5.74) is 1.13. The van der Waals surface area contributed by atoms with E-state index in [1.165, 1.54) is 0 Å². The van der Waals surface area contributed by atoms with Crippen LogP contribution in [-0.2, 0) is 4.79 Å². The SMILES string of the molecule is COc1ccc(C(C)NC2CCCCNC2=O)cc1Br. The summed E-state index contributed by atoms with van der Waals surface area (Å²) >= 11 is 3.49. The van der Waals surface area contributed by atoms with Gasteiger partial charge in [-0.25, -0.2) is 0 Å². The van der Waals surface area contributed by atoms with Crippen LogP contribution >= 0.6 is 15.9 Å². The molecule has 1 saturated heterocycles. The second-order valence-corrected chi connectivity index (χ2v) is 5.98. The van der Waals surface area contributed by atoms with E-state index in [0.29, 0.717) is 0 Å². The molecule has 1 aromatic carbocycles. The molecular weight excluding hydrogens is 320 g/mol. The molecule has 2 atom stereocenters. The van der Waals surface area contributed by atoms with Gasteiger partial charge in [-0.2, -0.15) is 0 Å². The lowest BCUT2D eigenvalue weighted by Crippen LogP contribution is -2.43. The van der Waals surface area contributed by atoms with E-state index < -0.39 is 0 Å². The molecule has 2 rings (SSSR count). The fraction of sp³-hybridized carbons (Fsp3) is 0.533. The normalized spacial score (nSPS) is 20.9. The second kappa shape index (κ2) is 7.09. The van der Waals surface area contributed by atoms with E-state index in [2.05, 4.69) is 33.5 Å². The first-order chi connectivity index (χ1) is 9.61. The predicted molar refractivity (Wildman–Crippen MR) is 82.9 cm³/mol. The highest BCUT2D eigenvalue weighted by Crippen LogP contribution is 2.28. The topological polar surface area (TPSA) is 50.4 Å². The van der Waals surface area contributed by atoms with Gasteiger partial charge in [-0.1, -0.05) is 6.07 Å². The molecule has 0 aromatic heterocycles. The maximum Gasteiger partial charge on any atom is 0.237 e. The van der Waals surface area contributed by atoms with Crippen LogP contribution < -0.4 is 15.4 Å². The van der Waals surface area contributed by atoms with Crippen LogP contribution in [0.25, 0.3) is 0 Å². The van der Waals surface area contributed by atoms with E-state index in [1.54, 1.807) is 7.11 Å². The lowest BCUT2D eigenvalue weighted by Gasteiger charge is -2.21. The third-order valence-electron chi connectivity index (χ3n) is 3.66. The number of carbonyl (C=O) groups excluding carboxylic acids is 1. The van der Waals surface area contributed by atoms with Gasteiger partial charge < -0.3 is 10.1 Å². The van der Waals surface area contributed by atoms with Crippen molar-refractivity contribution in [3.05, 3.63) is 28.2 Å². The molecule has 1 aliphatic heterocycles. The quantitative estimate of drug-likeness (QED) is 0.885. The summed E-state index contributed by atoms with van der Waals surface area (Å²) in [4.78, 5) is 11.9. The summed E-state index contributed by atoms with van der Waals surface area (Å²) in [5, 5.41) is 6.37. The molecule has 1 amide bonds. The van der Waals surface area contributed by atoms with Gasteiger partial charge in [-0.3, -0.25) is 10.1 Å². The highest BCUT2D eigenvalue weighted by Gasteiger charge is 2.22. The van der Waals surface area contributed by atoms with E-state index in [-0.39, 0.29) is 18.0 Å². The maximum absolute atomic E-state index is 11.9. The van der Waals surface area contributed by atoms with Gasteiger partial charge in [0.05, 0.1) is 17.6 Å². The zero-order chi connectivity index (χ0) is 14.5. The number of benzene rings is 1. The Bertz CT molecular complexity index is 479. The summed E-state index contributed by atoms with van der Waals surface area (Å²) in [5.74, 6) is 0.926. The minimum Gasteiger partial charge on any atom is -0.496 e. The first-order valence-corrected chi connectivity index (χ1v) is 7.78. The Kier molecular flexibility index (Phi) is 5.43. The molecule has 20 heavy (non-hydrogen) atoms. The van der Waals surface area contributed by atoms with Crippen LogP contribution in [0.1, 0.15) is 37.8 Å². The largest absolute Gasteiger partial charge is 0.496 e. The number of nitrogens with one attached hydrogen (secondary N) is 2. The Labute approximate surface area is 128 Å². The van der Waals surface area contributed by atoms with Gasteiger partial charge >= 0.3 is 0 Å². The summed E-state index contributed by atoms with van der Waals surface area (Å²) in [6.07, 6.45) is 3.04. The van der Waals surface area contributed by atoms with Gasteiger partial charge in [0, 0.05) is 12.6 Å². The lowest BCUT2D eigenvalue weighted by atomic mass is 10.0. The van der Waals surface area contributed by atoms with Crippen LogP contribution in [0.2, 0.25) is 0 Å². The summed E-state index contributed by atoms with van der Waals surface area (Å²) in [6, 6.07) is 6.01. The monoisotopic (exact) mass is 340 g/mol. The van der Waals surface area contributed by atoms with Crippen molar-refractivity contribution in [2.75, 3.05) is 13.7 Å². The third kappa shape index (κ3) is 3.73. The van der Waals surface area contributed by atoms with Gasteiger partial charge in [0.15, 0.2) is 0 Å². The number of hydrogen-bond donors (Lipinski definition) is 2. The minimum atomic E-state index is -0.103. The molecule has 5 heteroatoms. The predicted octanol–water partition coefficient (Wildman–Crippen LogP) is 2.78. The van der Waals surface area contributed by atoms with E-state index in [0.717, 1.165) is 41.6 Å². The first kappa shape index (κ1) is 15.3. The van der Waals surface area contributed by atoms with Crippen molar-refractivity contribution in [1.82, 2.24) is 10.6 Å². The Balaban J connectivity index is 2.05. The number of ether oxygens (including phenoxy) is 1. The van der Waals surface area contributed by atoms with Crippen molar-refractivity contribution in [3.63, 3.8) is 0 Å². The molecule has 1 heterocycles. The molecule has 0 spiro atoms. The molecule has 2 unspecified atom stereocenters.